The summed E-state index contributed by atoms with van der Waals surface area (Å²) in [5, 5.41) is 3.68. The fraction of sp³-hybridized carbons (Fsp3) is 0.778. The molecule has 0 spiro atoms. The Kier molecular flexibility index (Phi) is 4.93. The zero-order valence-electron chi connectivity index (χ0n) is 8.16. The lowest BCUT2D eigenvalue weighted by Crippen LogP contribution is -2.13. The molecular weight excluding hydrogens is 250 g/mol. The molecule has 0 aliphatic heterocycles. The van der Waals surface area contributed by atoms with E-state index >= 15 is 0 Å². The van der Waals surface area contributed by atoms with Crippen LogP contribution in [0.15, 0.2) is 5.16 Å². The first-order chi connectivity index (χ1) is 6.74. The summed E-state index contributed by atoms with van der Waals surface area (Å²) < 4.78 is 4.83. The number of hydrogen-bond acceptors (Lipinski definition) is 4. The first-order valence-corrected chi connectivity index (χ1v) is 5.59. The zero-order valence-corrected chi connectivity index (χ0v) is 9.75. The second-order valence-electron chi connectivity index (χ2n) is 3.11. The van der Waals surface area contributed by atoms with Gasteiger partial charge in [0.1, 0.15) is 6.10 Å². The smallest absolute Gasteiger partial charge is 0.367 e. The molecule has 4 nitrogen and oxygen atoms in total. The summed E-state index contributed by atoms with van der Waals surface area (Å²) in [6.45, 7) is 2.09. The average molecular weight is 264 g/mol. The van der Waals surface area contributed by atoms with Crippen LogP contribution in [0.2, 0.25) is 0 Å². The molecule has 1 fully saturated rings. The maximum atomic E-state index is 11.1. The quantitative estimate of drug-likeness (QED) is 0.444. The van der Waals surface area contributed by atoms with Crippen molar-refractivity contribution in [3.8, 4) is 0 Å². The van der Waals surface area contributed by atoms with Crippen molar-refractivity contribution in [2.45, 2.75) is 38.7 Å². The highest BCUT2D eigenvalue weighted by Gasteiger charge is 2.17. The van der Waals surface area contributed by atoms with Gasteiger partial charge in [0, 0.05) is 0 Å². The lowest BCUT2D eigenvalue weighted by Gasteiger charge is -2.06. The fourth-order valence-corrected chi connectivity index (χ4v) is 1.54. The van der Waals surface area contributed by atoms with Crippen molar-refractivity contribution in [2.24, 2.45) is 5.16 Å². The molecule has 0 bridgehead atoms. The highest BCUT2D eigenvalue weighted by Crippen LogP contribution is 2.21. The number of halogens is 1. The minimum absolute atomic E-state index is 0.103. The minimum atomic E-state index is -0.481. The molecule has 5 heteroatoms. The third-order valence-electron chi connectivity index (χ3n) is 2.03. The van der Waals surface area contributed by atoms with Crippen molar-refractivity contribution >= 4 is 26.5 Å². The van der Waals surface area contributed by atoms with Crippen molar-refractivity contribution in [3.63, 3.8) is 0 Å². The summed E-state index contributed by atoms with van der Waals surface area (Å²) in [5.41, 5.74) is 0. The number of ether oxygens (including phenoxy) is 1. The maximum Gasteiger partial charge on any atom is 0.367 e. The molecule has 0 aromatic carbocycles. The predicted octanol–water partition coefficient (Wildman–Crippen LogP) is 2.22. The molecule has 0 saturated heterocycles. The van der Waals surface area contributed by atoms with Crippen LogP contribution in [0.3, 0.4) is 0 Å². The number of rotatable bonds is 4. The topological polar surface area (TPSA) is 47.9 Å². The molecule has 0 unspecified atom stereocenters. The molecule has 0 atom stereocenters. The molecule has 1 aliphatic carbocycles. The van der Waals surface area contributed by atoms with Crippen LogP contribution in [0.25, 0.3) is 0 Å². The van der Waals surface area contributed by atoms with E-state index in [1.807, 2.05) is 0 Å². The number of esters is 1. The van der Waals surface area contributed by atoms with Crippen LogP contribution in [0.4, 0.5) is 0 Å². The van der Waals surface area contributed by atoms with Gasteiger partial charge < -0.3 is 9.57 Å². The van der Waals surface area contributed by atoms with Gasteiger partial charge in [-0.15, -0.1) is 0 Å². The Hall–Kier alpha value is -0.580. The van der Waals surface area contributed by atoms with E-state index in [2.05, 4.69) is 21.1 Å². The monoisotopic (exact) mass is 263 g/mol. The van der Waals surface area contributed by atoms with Crippen LogP contribution in [-0.4, -0.2) is 23.3 Å². The molecule has 0 aromatic rings. The third kappa shape index (κ3) is 3.65. The number of carbonyl (C=O) groups excluding carboxylic acids is 1. The normalized spacial score (nSPS) is 18.3. The van der Waals surface area contributed by atoms with Crippen molar-refractivity contribution in [1.82, 2.24) is 0 Å². The lowest BCUT2D eigenvalue weighted by molar-refractivity contribution is -0.134. The third-order valence-corrected chi connectivity index (χ3v) is 2.50. The van der Waals surface area contributed by atoms with Crippen LogP contribution in [0.1, 0.15) is 32.6 Å². The number of hydrogen-bond donors (Lipinski definition) is 0. The van der Waals surface area contributed by atoms with Gasteiger partial charge in [-0.3, -0.25) is 0 Å². The van der Waals surface area contributed by atoms with Crippen LogP contribution >= 0.6 is 15.9 Å². The second kappa shape index (κ2) is 6.01. The van der Waals surface area contributed by atoms with Crippen LogP contribution in [-0.2, 0) is 14.4 Å². The first-order valence-electron chi connectivity index (χ1n) is 4.80. The Balaban J connectivity index is 2.31. The Morgan fingerprint density at radius 2 is 2.14 bits per heavy atom. The Labute approximate surface area is 91.8 Å². The fourth-order valence-electron chi connectivity index (χ4n) is 1.34. The molecule has 0 amide bonds. The van der Waals surface area contributed by atoms with E-state index in [-0.39, 0.29) is 10.7 Å². The SMILES string of the molecule is CCOC(=O)/C(Br)=N/OC1CCCC1. The van der Waals surface area contributed by atoms with Crippen molar-refractivity contribution in [1.29, 1.82) is 0 Å². The van der Waals surface area contributed by atoms with Gasteiger partial charge in [0.05, 0.1) is 6.61 Å². The highest BCUT2D eigenvalue weighted by molar-refractivity contribution is 9.19. The molecule has 0 aromatic heterocycles. The van der Waals surface area contributed by atoms with E-state index in [4.69, 9.17) is 9.57 Å². The summed E-state index contributed by atoms with van der Waals surface area (Å²) in [6, 6.07) is 0. The number of oxime groups is 1. The maximum absolute atomic E-state index is 11.1. The van der Waals surface area contributed by atoms with Gasteiger partial charge in [-0.05, 0) is 48.5 Å². The summed E-state index contributed by atoms with van der Waals surface area (Å²) >= 11 is 3.00. The molecule has 1 aliphatic rings. The van der Waals surface area contributed by atoms with Gasteiger partial charge in [-0.25, -0.2) is 4.79 Å². The summed E-state index contributed by atoms with van der Waals surface area (Å²) in [4.78, 5) is 16.2. The Morgan fingerprint density at radius 1 is 1.50 bits per heavy atom. The molecule has 0 radical (unpaired) electrons. The molecule has 1 saturated carbocycles. The van der Waals surface area contributed by atoms with E-state index in [0.717, 1.165) is 12.8 Å². The first kappa shape index (κ1) is 11.5. The van der Waals surface area contributed by atoms with Crippen LogP contribution < -0.4 is 0 Å². The molecule has 1 rings (SSSR count). The van der Waals surface area contributed by atoms with E-state index in [1.54, 1.807) is 6.92 Å². The van der Waals surface area contributed by atoms with Crippen molar-refractivity contribution in [2.75, 3.05) is 6.61 Å². The van der Waals surface area contributed by atoms with E-state index in [1.165, 1.54) is 12.8 Å². The number of nitrogens with zero attached hydrogens (tertiary/aromatic N) is 1. The van der Waals surface area contributed by atoms with E-state index in [9.17, 15) is 4.79 Å². The molecule has 0 heterocycles. The predicted molar refractivity (Wildman–Crippen MR) is 56.3 cm³/mol. The Bertz CT molecular complexity index is 224. The summed E-state index contributed by atoms with van der Waals surface area (Å²) in [7, 11) is 0. The largest absolute Gasteiger partial charge is 0.461 e. The standard InChI is InChI=1S/C9H14BrNO3/c1-2-13-9(12)8(10)11-14-7-5-3-4-6-7/h7H,2-6H2,1H3/b11-8-. The molecule has 80 valence electrons. The molecule has 0 N–H and O–H groups in total. The van der Waals surface area contributed by atoms with E-state index < -0.39 is 5.97 Å². The second-order valence-corrected chi connectivity index (χ2v) is 3.87. The van der Waals surface area contributed by atoms with E-state index in [0.29, 0.717) is 6.61 Å². The van der Waals surface area contributed by atoms with Gasteiger partial charge in [-0.2, -0.15) is 0 Å². The minimum Gasteiger partial charge on any atom is -0.461 e. The van der Waals surface area contributed by atoms with Gasteiger partial charge in [0.2, 0.25) is 4.62 Å². The van der Waals surface area contributed by atoms with Crippen LogP contribution in [0, 0.1) is 0 Å². The van der Waals surface area contributed by atoms with Gasteiger partial charge in [0.15, 0.2) is 0 Å². The Morgan fingerprint density at radius 3 is 2.71 bits per heavy atom. The lowest BCUT2D eigenvalue weighted by atomic mass is 10.3. The van der Waals surface area contributed by atoms with Crippen molar-refractivity contribution < 1.29 is 14.4 Å². The molecule has 14 heavy (non-hydrogen) atoms. The van der Waals surface area contributed by atoms with Gasteiger partial charge in [0.25, 0.3) is 0 Å². The summed E-state index contributed by atoms with van der Waals surface area (Å²) in [6.07, 6.45) is 4.56. The van der Waals surface area contributed by atoms with Gasteiger partial charge in [-0.1, -0.05) is 5.16 Å². The van der Waals surface area contributed by atoms with Gasteiger partial charge >= 0.3 is 5.97 Å². The molecular formula is C9H14BrNO3. The summed E-state index contributed by atoms with van der Waals surface area (Å²) in [5.74, 6) is -0.481. The van der Waals surface area contributed by atoms with Crippen LogP contribution in [0.5, 0.6) is 0 Å². The number of carbonyl (C=O) groups is 1. The zero-order chi connectivity index (χ0) is 10.4. The van der Waals surface area contributed by atoms with Crippen molar-refractivity contribution in [3.05, 3.63) is 0 Å². The average Bonchev–Trinajstić information content (AvgIpc) is 2.67. The highest BCUT2D eigenvalue weighted by atomic mass is 79.9.